The summed E-state index contributed by atoms with van der Waals surface area (Å²) in [6, 6.07) is 5.87. The van der Waals surface area contributed by atoms with Crippen molar-refractivity contribution in [1.82, 2.24) is 0 Å². The molecule has 0 radical (unpaired) electrons. The molecule has 0 aromatic heterocycles. The van der Waals surface area contributed by atoms with Crippen molar-refractivity contribution in [2.24, 2.45) is 5.73 Å². The highest BCUT2D eigenvalue weighted by Gasteiger charge is 2.27. The molecule has 2 N–H and O–H groups in total. The van der Waals surface area contributed by atoms with Crippen LogP contribution in [0.15, 0.2) is 22.7 Å². The zero-order valence-electron chi connectivity index (χ0n) is 7.66. The maximum atomic E-state index is 11.6. The second-order valence-corrected chi connectivity index (χ2v) is 4.11. The summed E-state index contributed by atoms with van der Waals surface area (Å²) in [5.41, 5.74) is 7.54. The van der Waals surface area contributed by atoms with Gasteiger partial charge in [0.1, 0.15) is 0 Å². The van der Waals surface area contributed by atoms with E-state index < -0.39 is 0 Å². The highest BCUT2D eigenvalue weighted by atomic mass is 79.9. The molecule has 1 amide bonds. The lowest BCUT2D eigenvalue weighted by molar-refractivity contribution is -0.117. The maximum Gasteiger partial charge on any atom is 0.231 e. The number of halogens is 1. The van der Waals surface area contributed by atoms with Crippen molar-refractivity contribution in [3.8, 4) is 0 Å². The van der Waals surface area contributed by atoms with Gasteiger partial charge in [0.05, 0.1) is 12.1 Å². The van der Waals surface area contributed by atoms with Gasteiger partial charge in [-0.25, -0.2) is 0 Å². The van der Waals surface area contributed by atoms with Crippen LogP contribution < -0.4 is 10.6 Å². The van der Waals surface area contributed by atoms with Crippen LogP contribution in [0.3, 0.4) is 0 Å². The van der Waals surface area contributed by atoms with Gasteiger partial charge in [0.2, 0.25) is 5.91 Å². The Morgan fingerprint density at radius 2 is 2.29 bits per heavy atom. The Labute approximate surface area is 91.0 Å². The number of carbonyl (C=O) groups excluding carboxylic acids is 1. The van der Waals surface area contributed by atoms with Gasteiger partial charge in [0, 0.05) is 17.6 Å². The number of benzene rings is 1. The van der Waals surface area contributed by atoms with Crippen LogP contribution in [0, 0.1) is 0 Å². The molecular weight excluding hydrogens is 244 g/mol. The van der Waals surface area contributed by atoms with E-state index in [1.54, 1.807) is 4.90 Å². The molecule has 0 saturated carbocycles. The van der Waals surface area contributed by atoms with Gasteiger partial charge < -0.3 is 10.6 Å². The number of nitrogens with two attached hydrogens (primary N) is 1. The van der Waals surface area contributed by atoms with Crippen molar-refractivity contribution < 1.29 is 4.79 Å². The second-order valence-electron chi connectivity index (χ2n) is 3.26. The van der Waals surface area contributed by atoms with Crippen molar-refractivity contribution in [2.45, 2.75) is 6.42 Å². The van der Waals surface area contributed by atoms with E-state index in [2.05, 4.69) is 15.9 Å². The van der Waals surface area contributed by atoms with Gasteiger partial charge in [0.15, 0.2) is 0 Å². The van der Waals surface area contributed by atoms with Crippen LogP contribution in [0.1, 0.15) is 5.56 Å². The monoisotopic (exact) mass is 254 g/mol. The van der Waals surface area contributed by atoms with Crippen molar-refractivity contribution in [3.05, 3.63) is 28.2 Å². The summed E-state index contributed by atoms with van der Waals surface area (Å²) in [5, 5.41) is 0. The Morgan fingerprint density at radius 3 is 3.00 bits per heavy atom. The highest BCUT2D eigenvalue weighted by molar-refractivity contribution is 9.10. The number of para-hydroxylation sites is 1. The van der Waals surface area contributed by atoms with Crippen LogP contribution in [0.2, 0.25) is 0 Å². The molecule has 14 heavy (non-hydrogen) atoms. The van der Waals surface area contributed by atoms with Gasteiger partial charge in [-0.05, 0) is 27.6 Å². The highest BCUT2D eigenvalue weighted by Crippen LogP contribution is 2.35. The largest absolute Gasteiger partial charge is 0.329 e. The third-order valence-corrected chi connectivity index (χ3v) is 2.98. The Balaban J connectivity index is 2.44. The van der Waals surface area contributed by atoms with Gasteiger partial charge in [-0.2, -0.15) is 0 Å². The van der Waals surface area contributed by atoms with E-state index in [0.29, 0.717) is 19.5 Å². The van der Waals surface area contributed by atoms with Crippen LogP contribution in [-0.4, -0.2) is 19.0 Å². The lowest BCUT2D eigenvalue weighted by atomic mass is 10.2. The van der Waals surface area contributed by atoms with Gasteiger partial charge in [0.25, 0.3) is 0 Å². The molecular formula is C10H11BrN2O. The first-order chi connectivity index (χ1) is 6.74. The first kappa shape index (κ1) is 9.68. The van der Waals surface area contributed by atoms with Gasteiger partial charge in [-0.15, -0.1) is 0 Å². The molecule has 1 heterocycles. The van der Waals surface area contributed by atoms with E-state index in [9.17, 15) is 4.79 Å². The van der Waals surface area contributed by atoms with Gasteiger partial charge in [-0.1, -0.05) is 12.1 Å². The normalized spacial score (nSPS) is 14.7. The summed E-state index contributed by atoms with van der Waals surface area (Å²) >= 11 is 3.45. The van der Waals surface area contributed by atoms with Crippen LogP contribution >= 0.6 is 15.9 Å². The molecule has 0 atom stereocenters. The lowest BCUT2D eigenvalue weighted by Crippen LogP contribution is -2.32. The lowest BCUT2D eigenvalue weighted by Gasteiger charge is -2.17. The Hall–Kier alpha value is -0.870. The molecule has 3 nitrogen and oxygen atoms in total. The molecule has 1 aliphatic heterocycles. The molecule has 1 aromatic carbocycles. The number of hydrogen-bond donors (Lipinski definition) is 1. The number of rotatable bonds is 2. The number of carbonyl (C=O) groups is 1. The zero-order chi connectivity index (χ0) is 10.1. The van der Waals surface area contributed by atoms with E-state index in [1.807, 2.05) is 18.2 Å². The van der Waals surface area contributed by atoms with E-state index in [0.717, 1.165) is 15.7 Å². The summed E-state index contributed by atoms with van der Waals surface area (Å²) in [5.74, 6) is 0.136. The van der Waals surface area contributed by atoms with E-state index >= 15 is 0 Å². The average Bonchev–Trinajstić information content (AvgIpc) is 2.45. The van der Waals surface area contributed by atoms with E-state index in [4.69, 9.17) is 5.73 Å². The van der Waals surface area contributed by atoms with Crippen LogP contribution in [0.4, 0.5) is 5.69 Å². The number of hydrogen-bond acceptors (Lipinski definition) is 2. The minimum Gasteiger partial charge on any atom is -0.329 e. The van der Waals surface area contributed by atoms with Gasteiger partial charge in [-0.3, -0.25) is 4.79 Å². The summed E-state index contributed by atoms with van der Waals surface area (Å²) in [7, 11) is 0. The Morgan fingerprint density at radius 1 is 1.50 bits per heavy atom. The summed E-state index contributed by atoms with van der Waals surface area (Å²) < 4.78 is 0.967. The summed E-state index contributed by atoms with van der Waals surface area (Å²) in [6.07, 6.45) is 0.495. The molecule has 0 saturated heterocycles. The van der Waals surface area contributed by atoms with Crippen molar-refractivity contribution >= 4 is 27.5 Å². The minimum atomic E-state index is 0.136. The van der Waals surface area contributed by atoms with E-state index in [-0.39, 0.29) is 5.91 Å². The predicted molar refractivity (Wildman–Crippen MR) is 59.3 cm³/mol. The van der Waals surface area contributed by atoms with Crippen LogP contribution in [0.25, 0.3) is 0 Å². The van der Waals surface area contributed by atoms with Crippen molar-refractivity contribution in [1.29, 1.82) is 0 Å². The Kier molecular flexibility index (Phi) is 2.56. The molecule has 0 spiro atoms. The molecule has 0 unspecified atom stereocenters. The second kappa shape index (κ2) is 3.71. The first-order valence-electron chi connectivity index (χ1n) is 4.52. The summed E-state index contributed by atoms with van der Waals surface area (Å²) in [6.45, 7) is 1.08. The summed E-state index contributed by atoms with van der Waals surface area (Å²) in [4.78, 5) is 13.4. The fourth-order valence-corrected chi connectivity index (χ4v) is 2.37. The van der Waals surface area contributed by atoms with Gasteiger partial charge >= 0.3 is 0 Å². The van der Waals surface area contributed by atoms with Crippen LogP contribution in [0.5, 0.6) is 0 Å². The SMILES string of the molecule is NCCN1C(=O)Cc2cccc(Br)c21. The van der Waals surface area contributed by atoms with Crippen molar-refractivity contribution in [3.63, 3.8) is 0 Å². The first-order valence-corrected chi connectivity index (χ1v) is 5.31. The van der Waals surface area contributed by atoms with Crippen molar-refractivity contribution in [2.75, 3.05) is 18.0 Å². The number of fused-ring (bicyclic) bond motifs is 1. The number of amides is 1. The fraction of sp³-hybridized carbons (Fsp3) is 0.300. The molecule has 1 aromatic rings. The maximum absolute atomic E-state index is 11.6. The van der Waals surface area contributed by atoms with E-state index in [1.165, 1.54) is 0 Å². The number of anilines is 1. The zero-order valence-corrected chi connectivity index (χ0v) is 9.25. The Bertz CT molecular complexity index is 378. The molecule has 0 fully saturated rings. The molecule has 1 aliphatic rings. The predicted octanol–water partition coefficient (Wildman–Crippen LogP) is 1.30. The quantitative estimate of drug-likeness (QED) is 0.865. The molecule has 4 heteroatoms. The van der Waals surface area contributed by atoms with Crippen LogP contribution in [-0.2, 0) is 11.2 Å². The molecule has 74 valence electrons. The smallest absolute Gasteiger partial charge is 0.231 e. The minimum absolute atomic E-state index is 0.136. The molecule has 0 aliphatic carbocycles. The standard InChI is InChI=1S/C10H11BrN2O/c11-8-3-1-2-7-6-9(14)13(5-4-12)10(7)8/h1-3H,4-6,12H2. The molecule has 0 bridgehead atoms. The third kappa shape index (κ3) is 1.44. The molecule has 2 rings (SSSR count). The third-order valence-electron chi connectivity index (χ3n) is 2.34. The topological polar surface area (TPSA) is 46.3 Å². The number of nitrogens with zero attached hydrogens (tertiary/aromatic N) is 1. The average molecular weight is 255 g/mol. The fourth-order valence-electron chi connectivity index (χ4n) is 1.75.